The predicted octanol–water partition coefficient (Wildman–Crippen LogP) is 1.87. The fourth-order valence-electron chi connectivity index (χ4n) is 1.75. The van der Waals surface area contributed by atoms with Crippen molar-refractivity contribution in [2.24, 2.45) is 0 Å². The fourth-order valence-corrected chi connectivity index (χ4v) is 1.75. The first-order valence-corrected chi connectivity index (χ1v) is 6.68. The number of benzene rings is 1. The number of aryl methyl sites for hydroxylation is 1. The van der Waals surface area contributed by atoms with Gasteiger partial charge in [-0.05, 0) is 17.5 Å². The van der Waals surface area contributed by atoms with Crippen LogP contribution >= 0.6 is 12.4 Å². The molecule has 1 rings (SSSR count). The Balaban J connectivity index is 0.00000361. The Bertz CT molecular complexity index is 382. The van der Waals surface area contributed by atoms with Crippen LogP contribution in [0.4, 0.5) is 0 Å². The summed E-state index contributed by atoms with van der Waals surface area (Å²) >= 11 is 0. The highest BCUT2D eigenvalue weighted by Crippen LogP contribution is 2.07. The maximum absolute atomic E-state index is 11.9. The first-order chi connectivity index (χ1) is 9.17. The zero-order valence-corrected chi connectivity index (χ0v) is 13.3. The molecule has 0 radical (unpaired) electrons. The van der Waals surface area contributed by atoms with E-state index in [2.05, 4.69) is 36.5 Å². The molecule has 1 amide bonds. The van der Waals surface area contributed by atoms with Crippen LogP contribution < -0.4 is 5.32 Å². The molecule has 20 heavy (non-hydrogen) atoms. The topological polar surface area (TPSA) is 41.6 Å². The number of rotatable bonds is 8. The molecule has 0 heterocycles. The maximum atomic E-state index is 11.9. The Morgan fingerprint density at radius 3 is 2.40 bits per heavy atom. The molecule has 1 aromatic carbocycles. The van der Waals surface area contributed by atoms with Crippen molar-refractivity contribution in [3.8, 4) is 0 Å². The minimum Gasteiger partial charge on any atom is -0.383 e. The van der Waals surface area contributed by atoms with Crippen LogP contribution in [0.5, 0.6) is 0 Å². The highest BCUT2D eigenvalue weighted by molar-refractivity contribution is 5.85. The van der Waals surface area contributed by atoms with Gasteiger partial charge in [0.15, 0.2) is 0 Å². The van der Waals surface area contributed by atoms with Crippen molar-refractivity contribution in [2.45, 2.75) is 19.9 Å². The van der Waals surface area contributed by atoms with Crippen LogP contribution in [0, 0.1) is 0 Å². The number of nitrogens with zero attached hydrogens (tertiary/aromatic N) is 1. The van der Waals surface area contributed by atoms with Crippen LogP contribution in [-0.4, -0.2) is 44.7 Å². The molecule has 114 valence electrons. The van der Waals surface area contributed by atoms with E-state index in [1.54, 1.807) is 12.0 Å². The molecule has 1 aromatic rings. The van der Waals surface area contributed by atoms with E-state index >= 15 is 0 Å². The number of hydrogen-bond acceptors (Lipinski definition) is 3. The monoisotopic (exact) mass is 300 g/mol. The van der Waals surface area contributed by atoms with Crippen molar-refractivity contribution < 1.29 is 9.53 Å². The normalized spacial score (nSPS) is 9.95. The van der Waals surface area contributed by atoms with Gasteiger partial charge in [0, 0.05) is 27.2 Å². The Morgan fingerprint density at radius 1 is 1.25 bits per heavy atom. The molecule has 0 aliphatic rings. The van der Waals surface area contributed by atoms with Crippen molar-refractivity contribution in [2.75, 3.05) is 33.9 Å². The van der Waals surface area contributed by atoms with Crippen LogP contribution in [0.3, 0.4) is 0 Å². The van der Waals surface area contributed by atoms with E-state index in [1.807, 2.05) is 7.05 Å². The average molecular weight is 301 g/mol. The minimum absolute atomic E-state index is 0. The number of nitrogens with one attached hydrogen (secondary N) is 1. The Labute approximate surface area is 127 Å². The second kappa shape index (κ2) is 10.7. The number of amides is 1. The third kappa shape index (κ3) is 6.89. The lowest BCUT2D eigenvalue weighted by molar-refractivity contribution is -0.129. The van der Waals surface area contributed by atoms with Gasteiger partial charge in [0.25, 0.3) is 0 Å². The van der Waals surface area contributed by atoms with Crippen molar-refractivity contribution in [1.29, 1.82) is 0 Å². The van der Waals surface area contributed by atoms with Gasteiger partial charge in [0.2, 0.25) is 5.91 Å². The van der Waals surface area contributed by atoms with E-state index in [0.717, 1.165) is 12.0 Å². The highest BCUT2D eigenvalue weighted by atomic mass is 35.5. The summed E-state index contributed by atoms with van der Waals surface area (Å²) in [6.07, 6.45) is 1.04. The zero-order valence-electron chi connectivity index (χ0n) is 12.5. The molecule has 0 fully saturated rings. The number of hydrogen-bond donors (Lipinski definition) is 1. The summed E-state index contributed by atoms with van der Waals surface area (Å²) in [5.74, 6) is 0.0932. The molecule has 4 nitrogen and oxygen atoms in total. The fraction of sp³-hybridized carbons (Fsp3) is 0.533. The average Bonchev–Trinajstić information content (AvgIpc) is 2.44. The second-order valence-corrected chi connectivity index (χ2v) is 4.59. The molecule has 0 unspecified atom stereocenters. The smallest absolute Gasteiger partial charge is 0.236 e. The van der Waals surface area contributed by atoms with Crippen LogP contribution in [0.25, 0.3) is 0 Å². The van der Waals surface area contributed by atoms with Crippen LogP contribution in [0.2, 0.25) is 0 Å². The molecule has 0 aromatic heterocycles. The predicted molar refractivity (Wildman–Crippen MR) is 84.3 cm³/mol. The molecule has 0 bridgehead atoms. The van der Waals surface area contributed by atoms with E-state index in [9.17, 15) is 4.79 Å². The lowest BCUT2D eigenvalue weighted by Crippen LogP contribution is -2.36. The van der Waals surface area contributed by atoms with Crippen molar-refractivity contribution in [3.05, 3.63) is 35.4 Å². The van der Waals surface area contributed by atoms with Gasteiger partial charge >= 0.3 is 0 Å². The second-order valence-electron chi connectivity index (χ2n) is 4.59. The van der Waals surface area contributed by atoms with Crippen LogP contribution in [-0.2, 0) is 22.5 Å². The molecule has 5 heteroatoms. The van der Waals surface area contributed by atoms with Gasteiger partial charge in [0.1, 0.15) is 0 Å². The number of ether oxygens (including phenoxy) is 1. The summed E-state index contributed by atoms with van der Waals surface area (Å²) in [5.41, 5.74) is 2.48. The number of likely N-dealkylation sites (N-methyl/N-ethyl adjacent to an activating group) is 1. The molecular weight excluding hydrogens is 276 g/mol. The van der Waals surface area contributed by atoms with Gasteiger partial charge in [-0.25, -0.2) is 0 Å². The number of halogens is 1. The molecule has 0 atom stereocenters. The lowest BCUT2D eigenvalue weighted by atomic mass is 10.1. The maximum Gasteiger partial charge on any atom is 0.236 e. The Kier molecular flexibility index (Phi) is 10.1. The number of methoxy groups -OCH3 is 1. The molecule has 0 aliphatic carbocycles. The number of carbonyl (C=O) groups excluding carboxylic acids is 1. The number of carbonyl (C=O) groups is 1. The third-order valence-electron chi connectivity index (χ3n) is 3.04. The Hall–Kier alpha value is -1.10. The molecule has 1 N–H and O–H groups in total. The lowest BCUT2D eigenvalue weighted by Gasteiger charge is -2.17. The largest absolute Gasteiger partial charge is 0.383 e. The Morgan fingerprint density at radius 2 is 1.85 bits per heavy atom. The van der Waals surface area contributed by atoms with E-state index in [1.165, 1.54) is 5.56 Å². The molecule has 0 spiro atoms. The van der Waals surface area contributed by atoms with Gasteiger partial charge in [0.05, 0.1) is 13.2 Å². The third-order valence-corrected chi connectivity index (χ3v) is 3.04. The van der Waals surface area contributed by atoms with E-state index in [0.29, 0.717) is 26.2 Å². The van der Waals surface area contributed by atoms with Crippen molar-refractivity contribution in [1.82, 2.24) is 10.2 Å². The standard InChI is InChI=1S/C15H24N2O2.ClH/c1-4-13-5-7-14(8-6-13)12-17(2)15(18)11-16-9-10-19-3;/h5-8,16H,4,9-12H2,1-3H3;1H. The molecular formula is C15H25ClN2O2. The summed E-state index contributed by atoms with van der Waals surface area (Å²) in [7, 11) is 3.48. The van der Waals surface area contributed by atoms with E-state index < -0.39 is 0 Å². The molecule has 0 saturated carbocycles. The molecule has 0 aliphatic heterocycles. The summed E-state index contributed by atoms with van der Waals surface area (Å²) in [5, 5.41) is 3.05. The molecule has 0 saturated heterocycles. The summed E-state index contributed by atoms with van der Waals surface area (Å²) in [4.78, 5) is 13.6. The first-order valence-electron chi connectivity index (χ1n) is 6.68. The summed E-state index contributed by atoms with van der Waals surface area (Å²) in [6, 6.07) is 8.40. The van der Waals surface area contributed by atoms with Crippen LogP contribution in [0.15, 0.2) is 24.3 Å². The van der Waals surface area contributed by atoms with Gasteiger partial charge in [-0.1, -0.05) is 31.2 Å². The summed E-state index contributed by atoms with van der Waals surface area (Å²) in [6.45, 7) is 4.45. The van der Waals surface area contributed by atoms with Gasteiger partial charge in [-0.2, -0.15) is 0 Å². The van der Waals surface area contributed by atoms with E-state index in [-0.39, 0.29) is 18.3 Å². The van der Waals surface area contributed by atoms with Gasteiger partial charge in [-0.15, -0.1) is 12.4 Å². The van der Waals surface area contributed by atoms with Gasteiger partial charge < -0.3 is 15.0 Å². The van der Waals surface area contributed by atoms with Crippen molar-refractivity contribution >= 4 is 18.3 Å². The van der Waals surface area contributed by atoms with Crippen LogP contribution in [0.1, 0.15) is 18.1 Å². The minimum atomic E-state index is 0. The highest BCUT2D eigenvalue weighted by Gasteiger charge is 2.08. The SMILES string of the molecule is CCc1ccc(CN(C)C(=O)CNCCOC)cc1.Cl. The van der Waals surface area contributed by atoms with Gasteiger partial charge in [-0.3, -0.25) is 4.79 Å². The first kappa shape index (κ1) is 18.9. The van der Waals surface area contributed by atoms with Crippen molar-refractivity contribution in [3.63, 3.8) is 0 Å². The van der Waals surface area contributed by atoms with E-state index in [4.69, 9.17) is 4.74 Å². The zero-order chi connectivity index (χ0) is 14.1. The summed E-state index contributed by atoms with van der Waals surface area (Å²) < 4.78 is 4.91. The quantitative estimate of drug-likeness (QED) is 0.745.